The Morgan fingerprint density at radius 3 is 2.44 bits per heavy atom. The van der Waals surface area contributed by atoms with Crippen LogP contribution in [0.2, 0.25) is 10.0 Å². The second kappa shape index (κ2) is 8.55. The SMILES string of the molecule is C=CN(C(C)C#Cc1ccc(Cl)c(Cl)c1)S(=O)(=O)C1(C(N)=O)CCCCC1. The third kappa shape index (κ3) is 4.26. The van der Waals surface area contributed by atoms with Crippen LogP contribution in [0.1, 0.15) is 44.6 Å². The van der Waals surface area contributed by atoms with Crippen molar-refractivity contribution in [1.29, 1.82) is 0 Å². The van der Waals surface area contributed by atoms with Crippen LogP contribution < -0.4 is 5.73 Å². The zero-order valence-electron chi connectivity index (χ0n) is 15.0. The van der Waals surface area contributed by atoms with Gasteiger partial charge in [0, 0.05) is 11.8 Å². The maximum Gasteiger partial charge on any atom is 0.250 e. The number of amides is 1. The Bertz CT molecular complexity index is 897. The minimum Gasteiger partial charge on any atom is -0.368 e. The molecule has 1 saturated carbocycles. The van der Waals surface area contributed by atoms with Gasteiger partial charge in [0.1, 0.15) is 6.04 Å². The summed E-state index contributed by atoms with van der Waals surface area (Å²) in [6.45, 7) is 5.23. The van der Waals surface area contributed by atoms with Crippen LogP contribution in [0.4, 0.5) is 0 Å². The molecule has 1 unspecified atom stereocenters. The van der Waals surface area contributed by atoms with Gasteiger partial charge in [-0.05, 0) is 38.0 Å². The highest BCUT2D eigenvalue weighted by Gasteiger charge is 2.52. The zero-order valence-corrected chi connectivity index (χ0v) is 17.4. The predicted octanol–water partition coefficient (Wildman–Crippen LogP) is 3.70. The lowest BCUT2D eigenvalue weighted by Crippen LogP contribution is -2.57. The maximum absolute atomic E-state index is 13.3. The molecular weight excluding hydrogens is 407 g/mol. The number of carbonyl (C=O) groups is 1. The molecule has 1 atom stereocenters. The van der Waals surface area contributed by atoms with Gasteiger partial charge in [-0.3, -0.25) is 9.10 Å². The molecule has 27 heavy (non-hydrogen) atoms. The molecule has 1 fully saturated rings. The molecule has 0 saturated heterocycles. The monoisotopic (exact) mass is 428 g/mol. The highest BCUT2D eigenvalue weighted by Crippen LogP contribution is 2.37. The molecule has 1 aromatic rings. The zero-order chi connectivity index (χ0) is 20.2. The summed E-state index contributed by atoms with van der Waals surface area (Å²) >= 11 is 11.9. The van der Waals surface area contributed by atoms with Crippen LogP contribution in [0.25, 0.3) is 0 Å². The minimum atomic E-state index is -4.06. The molecule has 5 nitrogen and oxygen atoms in total. The van der Waals surface area contributed by atoms with Crippen molar-refractivity contribution in [2.75, 3.05) is 0 Å². The Kier molecular flexibility index (Phi) is 6.85. The molecule has 1 aliphatic rings. The molecule has 8 heteroatoms. The highest BCUT2D eigenvalue weighted by atomic mass is 35.5. The van der Waals surface area contributed by atoms with E-state index in [0.717, 1.165) is 10.7 Å². The van der Waals surface area contributed by atoms with Crippen LogP contribution in [0.5, 0.6) is 0 Å². The highest BCUT2D eigenvalue weighted by molar-refractivity contribution is 7.91. The summed E-state index contributed by atoms with van der Waals surface area (Å²) in [5.74, 6) is 4.93. The smallest absolute Gasteiger partial charge is 0.250 e. The van der Waals surface area contributed by atoms with Crippen LogP contribution in [-0.2, 0) is 14.8 Å². The van der Waals surface area contributed by atoms with E-state index in [1.807, 2.05) is 0 Å². The first kappa shape index (κ1) is 21.6. The molecule has 0 aliphatic heterocycles. The van der Waals surface area contributed by atoms with E-state index in [-0.39, 0.29) is 12.8 Å². The number of nitrogens with zero attached hydrogens (tertiary/aromatic N) is 1. The fourth-order valence-corrected chi connectivity index (χ4v) is 5.67. The van der Waals surface area contributed by atoms with Crippen LogP contribution in [0.3, 0.4) is 0 Å². The summed E-state index contributed by atoms with van der Waals surface area (Å²) in [4.78, 5) is 12.1. The number of primary amides is 1. The van der Waals surface area contributed by atoms with Crippen molar-refractivity contribution in [3.63, 3.8) is 0 Å². The Morgan fingerprint density at radius 2 is 1.93 bits per heavy atom. The number of rotatable bonds is 5. The van der Waals surface area contributed by atoms with Gasteiger partial charge >= 0.3 is 0 Å². The number of carbonyl (C=O) groups excluding carboxylic acids is 1. The number of nitrogens with two attached hydrogens (primary N) is 1. The van der Waals surface area contributed by atoms with E-state index < -0.39 is 26.7 Å². The number of sulfonamides is 1. The van der Waals surface area contributed by atoms with Gasteiger partial charge in [0.15, 0.2) is 4.75 Å². The van der Waals surface area contributed by atoms with Crippen LogP contribution in [0, 0.1) is 11.8 Å². The molecule has 1 amide bonds. The summed E-state index contributed by atoms with van der Waals surface area (Å²) in [6, 6.07) is 4.17. The van der Waals surface area contributed by atoms with Crippen molar-refractivity contribution >= 4 is 39.1 Å². The number of benzene rings is 1. The fraction of sp³-hybridized carbons (Fsp3) is 0.421. The average Bonchev–Trinajstić information content (AvgIpc) is 2.63. The first-order valence-corrected chi connectivity index (χ1v) is 10.8. The summed E-state index contributed by atoms with van der Waals surface area (Å²) in [5.41, 5.74) is 6.13. The van der Waals surface area contributed by atoms with Gasteiger partial charge in [-0.2, -0.15) is 0 Å². The molecular formula is C19H22Cl2N2O3S. The first-order chi connectivity index (χ1) is 12.7. The molecule has 1 aromatic carbocycles. The van der Waals surface area contributed by atoms with E-state index in [0.29, 0.717) is 28.5 Å². The van der Waals surface area contributed by atoms with E-state index in [4.69, 9.17) is 28.9 Å². The lowest BCUT2D eigenvalue weighted by atomic mass is 9.88. The second-order valence-electron chi connectivity index (χ2n) is 6.51. The van der Waals surface area contributed by atoms with Crippen molar-refractivity contribution in [2.45, 2.75) is 49.8 Å². The molecule has 0 radical (unpaired) electrons. The average molecular weight is 429 g/mol. The van der Waals surface area contributed by atoms with Gasteiger partial charge in [-0.1, -0.05) is 60.9 Å². The molecule has 0 aromatic heterocycles. The van der Waals surface area contributed by atoms with E-state index >= 15 is 0 Å². The maximum atomic E-state index is 13.3. The first-order valence-electron chi connectivity index (χ1n) is 8.58. The number of hydrogen-bond donors (Lipinski definition) is 1. The van der Waals surface area contributed by atoms with Crippen LogP contribution in [0.15, 0.2) is 31.0 Å². The van der Waals surface area contributed by atoms with Crippen molar-refractivity contribution < 1.29 is 13.2 Å². The van der Waals surface area contributed by atoms with E-state index in [2.05, 4.69) is 18.4 Å². The fourth-order valence-electron chi connectivity index (χ4n) is 3.25. The van der Waals surface area contributed by atoms with Gasteiger partial charge in [0.2, 0.25) is 5.91 Å². The molecule has 0 spiro atoms. The van der Waals surface area contributed by atoms with Crippen molar-refractivity contribution in [3.05, 3.63) is 46.6 Å². The normalized spacial score (nSPS) is 17.3. The van der Waals surface area contributed by atoms with Crippen molar-refractivity contribution in [3.8, 4) is 11.8 Å². The lowest BCUT2D eigenvalue weighted by Gasteiger charge is -2.38. The largest absolute Gasteiger partial charge is 0.368 e. The van der Waals surface area contributed by atoms with E-state index in [1.165, 1.54) is 6.20 Å². The molecule has 1 aliphatic carbocycles. The summed E-state index contributed by atoms with van der Waals surface area (Å²) < 4.78 is 26.0. The molecule has 146 valence electrons. The van der Waals surface area contributed by atoms with Gasteiger partial charge in [0.25, 0.3) is 10.0 Å². The predicted molar refractivity (Wildman–Crippen MR) is 109 cm³/mol. The molecule has 0 heterocycles. The second-order valence-corrected chi connectivity index (χ2v) is 9.48. The standard InChI is InChI=1S/C19H22Cl2N2O3S/c1-3-23(14(2)7-8-15-9-10-16(20)17(21)13-15)27(25,26)19(18(22)24)11-5-4-6-12-19/h3,9-10,13-14H,1,4-6,11-12H2,2H3,(H2,22,24). The van der Waals surface area contributed by atoms with Crippen molar-refractivity contribution in [1.82, 2.24) is 4.31 Å². The number of halogens is 2. The van der Waals surface area contributed by atoms with Gasteiger partial charge in [-0.15, -0.1) is 0 Å². The van der Waals surface area contributed by atoms with Gasteiger partial charge in [0.05, 0.1) is 10.0 Å². The third-order valence-electron chi connectivity index (χ3n) is 4.79. The summed E-state index contributed by atoms with van der Waals surface area (Å²) in [7, 11) is -4.06. The molecule has 0 bridgehead atoms. The van der Waals surface area contributed by atoms with E-state index in [9.17, 15) is 13.2 Å². The van der Waals surface area contributed by atoms with Crippen molar-refractivity contribution in [2.24, 2.45) is 5.73 Å². The Labute approximate surface area is 170 Å². The number of hydrogen-bond acceptors (Lipinski definition) is 3. The van der Waals surface area contributed by atoms with Gasteiger partial charge < -0.3 is 5.73 Å². The minimum absolute atomic E-state index is 0.210. The Hall–Kier alpha value is -1.68. The molecule has 2 N–H and O–H groups in total. The Balaban J connectivity index is 2.36. The quantitative estimate of drug-likeness (QED) is 0.725. The summed E-state index contributed by atoms with van der Waals surface area (Å²) in [6.07, 6.45) is 3.75. The Morgan fingerprint density at radius 1 is 1.30 bits per heavy atom. The summed E-state index contributed by atoms with van der Waals surface area (Å²) in [5, 5.41) is 0.769. The van der Waals surface area contributed by atoms with Gasteiger partial charge in [-0.25, -0.2) is 8.42 Å². The molecule has 2 rings (SSSR count). The van der Waals surface area contributed by atoms with E-state index in [1.54, 1.807) is 25.1 Å². The van der Waals surface area contributed by atoms with Crippen LogP contribution >= 0.6 is 23.2 Å². The third-order valence-corrected chi connectivity index (χ3v) is 8.14. The van der Waals surface area contributed by atoms with Crippen LogP contribution in [-0.4, -0.2) is 29.4 Å². The lowest BCUT2D eigenvalue weighted by molar-refractivity contribution is -0.121. The topological polar surface area (TPSA) is 80.5 Å².